The van der Waals surface area contributed by atoms with Crippen LogP contribution in [0, 0.1) is 0 Å². The zero-order valence-corrected chi connectivity index (χ0v) is 14.0. The van der Waals surface area contributed by atoms with Crippen LogP contribution >= 0.6 is 0 Å². The topological polar surface area (TPSA) is 56.8 Å². The van der Waals surface area contributed by atoms with Crippen molar-refractivity contribution in [3.63, 3.8) is 0 Å². The average Bonchev–Trinajstić information content (AvgIpc) is 2.64. The molecule has 2 aromatic rings. The molecule has 0 saturated heterocycles. The number of hydrogen-bond donors (Lipinski definition) is 1. The third-order valence-electron chi connectivity index (χ3n) is 3.49. The van der Waals surface area contributed by atoms with Crippen LogP contribution in [0.3, 0.4) is 0 Å². The summed E-state index contributed by atoms with van der Waals surface area (Å²) in [6.45, 7) is 0.441. The van der Waals surface area contributed by atoms with Crippen LogP contribution in [0.15, 0.2) is 48.5 Å². The Kier molecular flexibility index (Phi) is 6.25. The van der Waals surface area contributed by atoms with E-state index in [0.717, 1.165) is 16.9 Å². The zero-order valence-electron chi connectivity index (χ0n) is 14.0. The second-order valence-electron chi connectivity index (χ2n) is 4.98. The summed E-state index contributed by atoms with van der Waals surface area (Å²) in [5.74, 6) is 1.88. The Labute approximate surface area is 141 Å². The van der Waals surface area contributed by atoms with Crippen molar-refractivity contribution in [3.8, 4) is 17.2 Å². The second kappa shape index (κ2) is 8.62. The molecule has 5 nitrogen and oxygen atoms in total. The summed E-state index contributed by atoms with van der Waals surface area (Å²) in [7, 11) is 4.78. The molecule has 0 aliphatic rings. The molecule has 0 saturated carbocycles. The molecule has 0 heterocycles. The van der Waals surface area contributed by atoms with Crippen LogP contribution in [-0.4, -0.2) is 27.2 Å². The molecule has 0 unspecified atom stereocenters. The molecular formula is C19H21NO4. The van der Waals surface area contributed by atoms with E-state index >= 15 is 0 Å². The molecule has 24 heavy (non-hydrogen) atoms. The number of hydrogen-bond acceptors (Lipinski definition) is 4. The second-order valence-corrected chi connectivity index (χ2v) is 4.98. The van der Waals surface area contributed by atoms with Crippen molar-refractivity contribution in [1.29, 1.82) is 0 Å². The lowest BCUT2D eigenvalue weighted by atomic mass is 10.1. The summed E-state index contributed by atoms with van der Waals surface area (Å²) >= 11 is 0. The number of methoxy groups -OCH3 is 3. The molecule has 0 spiro atoms. The number of rotatable bonds is 7. The Morgan fingerprint density at radius 2 is 1.58 bits per heavy atom. The molecule has 126 valence electrons. The first-order valence-electron chi connectivity index (χ1n) is 7.47. The minimum Gasteiger partial charge on any atom is -0.497 e. The highest BCUT2D eigenvalue weighted by Crippen LogP contribution is 2.29. The summed E-state index contributed by atoms with van der Waals surface area (Å²) in [5, 5.41) is 2.83. The predicted molar refractivity (Wildman–Crippen MR) is 93.4 cm³/mol. The normalized spacial score (nSPS) is 10.5. The molecule has 2 aromatic carbocycles. The summed E-state index contributed by atoms with van der Waals surface area (Å²) in [6.07, 6.45) is 3.14. The fourth-order valence-corrected chi connectivity index (χ4v) is 2.19. The number of amides is 1. The molecule has 5 heteroatoms. The third kappa shape index (κ3) is 4.52. The predicted octanol–water partition coefficient (Wildman–Crippen LogP) is 3.04. The highest BCUT2D eigenvalue weighted by atomic mass is 16.5. The van der Waals surface area contributed by atoms with Crippen LogP contribution < -0.4 is 19.5 Å². The van der Waals surface area contributed by atoms with Crippen LogP contribution in [0.2, 0.25) is 0 Å². The third-order valence-corrected chi connectivity index (χ3v) is 3.49. The molecule has 0 bridgehead atoms. The monoisotopic (exact) mass is 327 g/mol. The van der Waals surface area contributed by atoms with Crippen molar-refractivity contribution in [3.05, 3.63) is 59.7 Å². The fraction of sp³-hybridized carbons (Fsp3) is 0.211. The van der Waals surface area contributed by atoms with Crippen molar-refractivity contribution in [1.82, 2.24) is 5.32 Å². The Balaban J connectivity index is 2.00. The molecule has 1 N–H and O–H groups in total. The Morgan fingerprint density at radius 3 is 2.12 bits per heavy atom. The Hall–Kier alpha value is -2.95. The van der Waals surface area contributed by atoms with Crippen LogP contribution in [0.4, 0.5) is 0 Å². The lowest BCUT2D eigenvalue weighted by Crippen LogP contribution is -2.20. The Morgan fingerprint density at radius 1 is 0.958 bits per heavy atom. The van der Waals surface area contributed by atoms with E-state index in [1.54, 1.807) is 27.4 Å². The van der Waals surface area contributed by atoms with Gasteiger partial charge in [0.1, 0.15) is 17.2 Å². The van der Waals surface area contributed by atoms with E-state index in [1.807, 2.05) is 42.5 Å². The molecular weight excluding hydrogens is 306 g/mol. The van der Waals surface area contributed by atoms with E-state index in [4.69, 9.17) is 14.2 Å². The molecule has 1 amide bonds. The quantitative estimate of drug-likeness (QED) is 0.794. The summed E-state index contributed by atoms with van der Waals surface area (Å²) in [5.41, 5.74) is 1.72. The van der Waals surface area contributed by atoms with Crippen molar-refractivity contribution in [2.75, 3.05) is 21.3 Å². The Bertz CT molecular complexity index is 686. The number of carbonyl (C=O) groups excluding carboxylic acids is 1. The van der Waals surface area contributed by atoms with Gasteiger partial charge in [-0.05, 0) is 35.9 Å². The number of ether oxygens (including phenoxy) is 3. The molecule has 0 aromatic heterocycles. The highest BCUT2D eigenvalue weighted by molar-refractivity contribution is 5.92. The van der Waals surface area contributed by atoms with E-state index in [9.17, 15) is 4.79 Å². The van der Waals surface area contributed by atoms with Crippen LogP contribution in [0.25, 0.3) is 6.08 Å². The fourth-order valence-electron chi connectivity index (χ4n) is 2.19. The van der Waals surface area contributed by atoms with E-state index in [1.165, 1.54) is 6.08 Å². The minimum atomic E-state index is -0.196. The van der Waals surface area contributed by atoms with Crippen LogP contribution in [0.1, 0.15) is 11.1 Å². The summed E-state index contributed by atoms with van der Waals surface area (Å²) < 4.78 is 15.7. The van der Waals surface area contributed by atoms with E-state index in [-0.39, 0.29) is 5.91 Å². The smallest absolute Gasteiger partial charge is 0.244 e. The number of nitrogens with one attached hydrogen (secondary N) is 1. The molecule has 0 radical (unpaired) electrons. The molecule has 0 fully saturated rings. The maximum Gasteiger partial charge on any atom is 0.244 e. The van der Waals surface area contributed by atoms with Gasteiger partial charge in [0, 0.05) is 12.6 Å². The number of carbonyl (C=O) groups is 1. The van der Waals surface area contributed by atoms with Gasteiger partial charge in [0.25, 0.3) is 0 Å². The van der Waals surface area contributed by atoms with Gasteiger partial charge in [-0.15, -0.1) is 0 Å². The van der Waals surface area contributed by atoms with Gasteiger partial charge >= 0.3 is 0 Å². The van der Waals surface area contributed by atoms with E-state index in [2.05, 4.69) is 5.32 Å². The van der Waals surface area contributed by atoms with E-state index < -0.39 is 0 Å². The maximum absolute atomic E-state index is 12.0. The van der Waals surface area contributed by atoms with Crippen molar-refractivity contribution in [2.24, 2.45) is 0 Å². The summed E-state index contributed by atoms with van der Waals surface area (Å²) in [4.78, 5) is 12.0. The average molecular weight is 327 g/mol. The van der Waals surface area contributed by atoms with Crippen molar-refractivity contribution < 1.29 is 19.0 Å². The van der Waals surface area contributed by atoms with Crippen molar-refractivity contribution in [2.45, 2.75) is 6.54 Å². The van der Waals surface area contributed by atoms with Crippen molar-refractivity contribution >= 4 is 12.0 Å². The van der Waals surface area contributed by atoms with Gasteiger partial charge in [0.2, 0.25) is 5.91 Å². The lowest BCUT2D eigenvalue weighted by molar-refractivity contribution is -0.116. The van der Waals surface area contributed by atoms with Gasteiger partial charge in [0.15, 0.2) is 0 Å². The summed E-state index contributed by atoms with van der Waals surface area (Å²) in [6, 6.07) is 13.0. The SMILES string of the molecule is COc1ccc(CNC(=O)/C=C/c2c(OC)cccc2OC)cc1. The van der Waals surface area contributed by atoms with Gasteiger partial charge in [0.05, 0.1) is 26.9 Å². The molecule has 0 atom stereocenters. The minimum absolute atomic E-state index is 0.196. The molecule has 2 rings (SSSR count). The van der Waals surface area contributed by atoms with E-state index in [0.29, 0.717) is 18.0 Å². The highest BCUT2D eigenvalue weighted by Gasteiger charge is 2.07. The molecule has 0 aliphatic carbocycles. The molecule has 0 aliphatic heterocycles. The van der Waals surface area contributed by atoms with Crippen LogP contribution in [0.5, 0.6) is 17.2 Å². The lowest BCUT2D eigenvalue weighted by Gasteiger charge is -2.09. The van der Waals surface area contributed by atoms with Crippen LogP contribution in [-0.2, 0) is 11.3 Å². The van der Waals surface area contributed by atoms with Gasteiger partial charge in [-0.1, -0.05) is 18.2 Å². The zero-order chi connectivity index (χ0) is 17.4. The van der Waals surface area contributed by atoms with Gasteiger partial charge in [-0.3, -0.25) is 4.79 Å². The van der Waals surface area contributed by atoms with Gasteiger partial charge in [-0.25, -0.2) is 0 Å². The first-order chi connectivity index (χ1) is 11.7. The first kappa shape index (κ1) is 17.4. The first-order valence-corrected chi connectivity index (χ1v) is 7.47. The standard InChI is InChI=1S/C19H21NO4/c1-22-15-9-7-14(8-10-15)13-20-19(21)12-11-16-17(23-2)5-4-6-18(16)24-3/h4-12H,13H2,1-3H3,(H,20,21)/b12-11+. The maximum atomic E-state index is 12.0. The van der Waals surface area contributed by atoms with Gasteiger partial charge < -0.3 is 19.5 Å². The van der Waals surface area contributed by atoms with Gasteiger partial charge in [-0.2, -0.15) is 0 Å². The largest absolute Gasteiger partial charge is 0.497 e. The number of benzene rings is 2.